The molecule has 0 spiro atoms. The number of ether oxygens (including phenoxy) is 1. The van der Waals surface area contributed by atoms with Crippen molar-refractivity contribution in [1.29, 1.82) is 0 Å². The van der Waals surface area contributed by atoms with Gasteiger partial charge in [0.1, 0.15) is 17.3 Å². The van der Waals surface area contributed by atoms with Crippen LogP contribution in [0.3, 0.4) is 0 Å². The summed E-state index contributed by atoms with van der Waals surface area (Å²) in [5, 5.41) is 2.19. The van der Waals surface area contributed by atoms with Crippen molar-refractivity contribution in [3.8, 4) is 0 Å². The Morgan fingerprint density at radius 3 is 2.44 bits per heavy atom. The number of carbonyl (C=O) groups is 1. The number of aldehydes is 1. The number of hydrogen-bond donors (Lipinski definition) is 2. The fourth-order valence-electron chi connectivity index (χ4n) is 2.80. The Hall–Kier alpha value is -2.13. The second-order valence-corrected chi connectivity index (χ2v) is 8.32. The first-order valence-corrected chi connectivity index (χ1v) is 10.00. The third kappa shape index (κ3) is 6.84. The van der Waals surface area contributed by atoms with Gasteiger partial charge in [-0.05, 0) is 31.9 Å². The molecule has 1 aromatic heterocycles. The molecule has 2 atom stereocenters. The van der Waals surface area contributed by atoms with Gasteiger partial charge in [0.25, 0.3) is 10.1 Å². The zero-order valence-corrected chi connectivity index (χ0v) is 16.1. The van der Waals surface area contributed by atoms with Gasteiger partial charge >= 0.3 is 0 Å². The topological polar surface area (TPSA) is 106 Å². The summed E-state index contributed by atoms with van der Waals surface area (Å²) < 4.78 is 38.0. The van der Waals surface area contributed by atoms with Gasteiger partial charge in [0.15, 0.2) is 0 Å². The van der Waals surface area contributed by atoms with Gasteiger partial charge in [-0.25, -0.2) is 0 Å². The summed E-state index contributed by atoms with van der Waals surface area (Å²) in [4.78, 5) is 13.9. The quantitative estimate of drug-likeness (QED) is 0.595. The fraction of sp³-hybridized carbons (Fsp3) is 0.368. The van der Waals surface area contributed by atoms with Crippen LogP contribution in [0.2, 0.25) is 0 Å². The van der Waals surface area contributed by atoms with Crippen LogP contribution in [0.5, 0.6) is 0 Å². The SMILES string of the molecule is CC1(C)N[C@@H](C[C@H](c2cccnc2)S(=O)(=O)O)CO1.O=Cc1ccccc1. The van der Waals surface area contributed by atoms with E-state index in [-0.39, 0.29) is 12.5 Å². The van der Waals surface area contributed by atoms with Crippen LogP contribution >= 0.6 is 0 Å². The fourth-order valence-corrected chi connectivity index (χ4v) is 3.76. The third-order valence-electron chi connectivity index (χ3n) is 4.05. The Morgan fingerprint density at radius 1 is 1.30 bits per heavy atom. The summed E-state index contributed by atoms with van der Waals surface area (Å²) in [5.74, 6) is 0. The van der Waals surface area contributed by atoms with Crippen molar-refractivity contribution >= 4 is 16.4 Å². The number of nitrogens with one attached hydrogen (secondary N) is 1. The van der Waals surface area contributed by atoms with E-state index in [9.17, 15) is 17.8 Å². The first kappa shape index (κ1) is 21.2. The molecule has 0 bridgehead atoms. The van der Waals surface area contributed by atoms with E-state index in [0.29, 0.717) is 12.2 Å². The van der Waals surface area contributed by atoms with E-state index in [4.69, 9.17) is 4.74 Å². The van der Waals surface area contributed by atoms with Crippen molar-refractivity contribution in [2.75, 3.05) is 6.61 Å². The van der Waals surface area contributed by atoms with Crippen LogP contribution in [0.15, 0.2) is 54.9 Å². The van der Waals surface area contributed by atoms with Crippen LogP contribution in [0, 0.1) is 0 Å². The minimum Gasteiger partial charge on any atom is -0.360 e. The van der Waals surface area contributed by atoms with E-state index in [0.717, 1.165) is 11.8 Å². The first-order chi connectivity index (χ1) is 12.7. The second-order valence-electron chi connectivity index (χ2n) is 6.72. The molecule has 146 valence electrons. The van der Waals surface area contributed by atoms with Gasteiger partial charge in [-0.1, -0.05) is 36.4 Å². The molecular formula is C19H24N2O5S. The number of carbonyl (C=O) groups excluding carboxylic acids is 1. The van der Waals surface area contributed by atoms with E-state index in [1.807, 2.05) is 32.0 Å². The van der Waals surface area contributed by atoms with Gasteiger partial charge in [0.05, 0.1) is 6.61 Å². The molecule has 1 aliphatic rings. The molecule has 0 unspecified atom stereocenters. The largest absolute Gasteiger partial charge is 0.360 e. The number of nitrogens with zero attached hydrogens (tertiary/aromatic N) is 1. The van der Waals surface area contributed by atoms with Gasteiger partial charge in [-0.15, -0.1) is 0 Å². The standard InChI is InChI=1S/C12H18N2O4S.C7H6O/c1-12(2)14-10(8-18-12)6-11(19(15,16)17)9-4-3-5-13-7-9;8-6-7-4-2-1-3-5-7/h3-5,7,10-11,14H,6,8H2,1-2H3,(H,15,16,17);1-6H/t10-,11+;/m0./s1. The van der Waals surface area contributed by atoms with Crippen LogP contribution in [-0.2, 0) is 14.9 Å². The molecule has 1 fully saturated rings. The number of rotatable bonds is 5. The Balaban J connectivity index is 0.000000273. The minimum absolute atomic E-state index is 0.123. The highest BCUT2D eigenvalue weighted by atomic mass is 32.2. The van der Waals surface area contributed by atoms with Gasteiger partial charge in [0, 0.05) is 24.0 Å². The molecular weight excluding hydrogens is 368 g/mol. The van der Waals surface area contributed by atoms with Crippen LogP contribution in [0.4, 0.5) is 0 Å². The maximum atomic E-state index is 11.5. The second kappa shape index (κ2) is 9.18. The monoisotopic (exact) mass is 392 g/mol. The Bertz CT molecular complexity index is 826. The lowest BCUT2D eigenvalue weighted by atomic mass is 10.1. The molecule has 1 saturated heterocycles. The molecule has 27 heavy (non-hydrogen) atoms. The van der Waals surface area contributed by atoms with Gasteiger partial charge < -0.3 is 4.74 Å². The van der Waals surface area contributed by atoms with E-state index < -0.39 is 21.1 Å². The van der Waals surface area contributed by atoms with E-state index in [1.54, 1.807) is 30.5 Å². The summed E-state index contributed by atoms with van der Waals surface area (Å²) in [6, 6.07) is 12.3. The van der Waals surface area contributed by atoms with Gasteiger partial charge in [-0.3, -0.25) is 19.6 Å². The summed E-state index contributed by atoms with van der Waals surface area (Å²) in [6.45, 7) is 4.17. The van der Waals surface area contributed by atoms with Crippen LogP contribution in [0.1, 0.15) is 41.4 Å². The Kier molecular flexibility index (Phi) is 7.20. The predicted molar refractivity (Wildman–Crippen MR) is 102 cm³/mol. The van der Waals surface area contributed by atoms with E-state index >= 15 is 0 Å². The maximum absolute atomic E-state index is 11.5. The van der Waals surface area contributed by atoms with Crippen LogP contribution in [-0.4, -0.2) is 42.6 Å². The molecule has 3 rings (SSSR count). The van der Waals surface area contributed by atoms with Crippen molar-refractivity contribution < 1.29 is 22.5 Å². The lowest BCUT2D eigenvalue weighted by Crippen LogP contribution is -2.39. The lowest BCUT2D eigenvalue weighted by molar-refractivity contribution is 0.0231. The van der Waals surface area contributed by atoms with Crippen LogP contribution < -0.4 is 5.32 Å². The summed E-state index contributed by atoms with van der Waals surface area (Å²) >= 11 is 0. The van der Waals surface area contributed by atoms with Gasteiger partial charge in [0.2, 0.25) is 0 Å². The number of hydrogen-bond acceptors (Lipinski definition) is 6. The smallest absolute Gasteiger partial charge is 0.272 e. The van der Waals surface area contributed by atoms with Crippen molar-refractivity contribution in [3.05, 3.63) is 66.0 Å². The molecule has 7 nitrogen and oxygen atoms in total. The highest BCUT2D eigenvalue weighted by molar-refractivity contribution is 7.86. The molecule has 2 N–H and O–H groups in total. The minimum atomic E-state index is -4.18. The lowest BCUT2D eigenvalue weighted by Gasteiger charge is -2.20. The molecule has 0 saturated carbocycles. The van der Waals surface area contributed by atoms with E-state index in [2.05, 4.69) is 10.3 Å². The van der Waals surface area contributed by atoms with Gasteiger partial charge in [-0.2, -0.15) is 8.42 Å². The summed E-state index contributed by atoms with van der Waals surface area (Å²) in [6.07, 6.45) is 4.10. The Morgan fingerprint density at radius 2 is 2.00 bits per heavy atom. The van der Waals surface area contributed by atoms with Crippen molar-refractivity contribution in [2.24, 2.45) is 0 Å². The zero-order valence-electron chi connectivity index (χ0n) is 15.3. The number of benzene rings is 1. The van der Waals surface area contributed by atoms with Crippen molar-refractivity contribution in [1.82, 2.24) is 10.3 Å². The molecule has 0 radical (unpaired) electrons. The molecule has 0 amide bonds. The number of aromatic nitrogens is 1. The molecule has 8 heteroatoms. The van der Waals surface area contributed by atoms with Crippen molar-refractivity contribution in [3.63, 3.8) is 0 Å². The average molecular weight is 392 g/mol. The predicted octanol–water partition coefficient (Wildman–Crippen LogP) is 2.62. The zero-order chi connectivity index (χ0) is 19.9. The van der Waals surface area contributed by atoms with Crippen molar-refractivity contribution in [2.45, 2.75) is 37.3 Å². The molecule has 1 aromatic carbocycles. The summed E-state index contributed by atoms with van der Waals surface area (Å²) in [7, 11) is -4.18. The van der Waals surface area contributed by atoms with E-state index in [1.165, 1.54) is 6.20 Å². The average Bonchev–Trinajstić information content (AvgIpc) is 2.99. The molecule has 2 aromatic rings. The highest BCUT2D eigenvalue weighted by Crippen LogP contribution is 2.29. The third-order valence-corrected chi connectivity index (χ3v) is 5.23. The molecule has 1 aliphatic heterocycles. The highest BCUT2D eigenvalue weighted by Gasteiger charge is 2.36. The normalized spacial score (nSPS) is 19.6. The maximum Gasteiger partial charge on any atom is 0.272 e. The molecule has 2 heterocycles. The van der Waals surface area contributed by atoms with Crippen LogP contribution in [0.25, 0.3) is 0 Å². The Labute approximate surface area is 159 Å². The first-order valence-electron chi connectivity index (χ1n) is 8.49. The number of pyridine rings is 1. The summed E-state index contributed by atoms with van der Waals surface area (Å²) in [5.41, 5.74) is 0.743. The molecule has 0 aliphatic carbocycles.